The smallest absolute Gasteiger partial charge is 0.306 e. The Morgan fingerprint density at radius 1 is 0.292 bits per heavy atom. The molecule has 0 bridgehead atoms. The van der Waals surface area contributed by atoms with Gasteiger partial charge in [-0.1, -0.05) is 266 Å². The molecular formula is C66H114O6. The zero-order valence-electron chi connectivity index (χ0n) is 47.4. The van der Waals surface area contributed by atoms with Crippen LogP contribution in [0, 0.1) is 0 Å². The number of hydrogen-bond acceptors (Lipinski definition) is 6. The Morgan fingerprint density at radius 3 is 0.903 bits per heavy atom. The van der Waals surface area contributed by atoms with E-state index in [0.29, 0.717) is 19.3 Å². The van der Waals surface area contributed by atoms with E-state index in [-0.39, 0.29) is 31.1 Å². The van der Waals surface area contributed by atoms with Gasteiger partial charge in [-0.05, 0) is 96.3 Å². The number of unbranched alkanes of at least 4 members (excludes halogenated alkanes) is 30. The van der Waals surface area contributed by atoms with Crippen LogP contribution in [0.5, 0.6) is 0 Å². The molecule has 0 spiro atoms. The highest BCUT2D eigenvalue weighted by molar-refractivity contribution is 5.71. The molecule has 0 N–H and O–H groups in total. The summed E-state index contributed by atoms with van der Waals surface area (Å²) in [5, 5.41) is 0. The largest absolute Gasteiger partial charge is 0.462 e. The van der Waals surface area contributed by atoms with Gasteiger partial charge in [-0.15, -0.1) is 0 Å². The highest BCUT2D eigenvalue weighted by atomic mass is 16.6. The van der Waals surface area contributed by atoms with Gasteiger partial charge in [0.1, 0.15) is 13.2 Å². The van der Waals surface area contributed by atoms with Crippen LogP contribution in [0.4, 0.5) is 0 Å². The first kappa shape index (κ1) is 68.6. The van der Waals surface area contributed by atoms with Crippen LogP contribution in [0.1, 0.15) is 297 Å². The third kappa shape index (κ3) is 57.5. The van der Waals surface area contributed by atoms with Gasteiger partial charge in [0.05, 0.1) is 0 Å². The zero-order valence-corrected chi connectivity index (χ0v) is 47.4. The van der Waals surface area contributed by atoms with Crippen LogP contribution in [0.2, 0.25) is 0 Å². The third-order valence-corrected chi connectivity index (χ3v) is 13.1. The van der Waals surface area contributed by atoms with Crippen LogP contribution in [0.3, 0.4) is 0 Å². The van der Waals surface area contributed by atoms with Crippen molar-refractivity contribution in [1.29, 1.82) is 0 Å². The lowest BCUT2D eigenvalue weighted by Crippen LogP contribution is -2.30. The Balaban J connectivity index is 4.42. The van der Waals surface area contributed by atoms with E-state index in [2.05, 4.69) is 106 Å². The molecule has 0 fully saturated rings. The van der Waals surface area contributed by atoms with Gasteiger partial charge >= 0.3 is 17.9 Å². The van der Waals surface area contributed by atoms with Crippen LogP contribution in [0.25, 0.3) is 0 Å². The molecule has 6 nitrogen and oxygen atoms in total. The molecule has 0 amide bonds. The molecule has 0 aromatic heterocycles. The molecule has 0 radical (unpaired) electrons. The summed E-state index contributed by atoms with van der Waals surface area (Å²) in [5.41, 5.74) is 0. The summed E-state index contributed by atoms with van der Waals surface area (Å²) in [6.07, 6.45) is 78.7. The molecule has 0 aromatic rings. The zero-order chi connectivity index (χ0) is 52.2. The maximum atomic E-state index is 12.9. The predicted molar refractivity (Wildman–Crippen MR) is 311 cm³/mol. The lowest BCUT2D eigenvalue weighted by atomic mass is 10.0. The van der Waals surface area contributed by atoms with Crippen molar-refractivity contribution in [2.75, 3.05) is 13.2 Å². The molecule has 0 heterocycles. The molecular weight excluding hydrogens is 889 g/mol. The van der Waals surface area contributed by atoms with Crippen molar-refractivity contribution in [3.63, 3.8) is 0 Å². The Morgan fingerprint density at radius 2 is 0.542 bits per heavy atom. The summed E-state index contributed by atoms with van der Waals surface area (Å²) < 4.78 is 16.9. The summed E-state index contributed by atoms with van der Waals surface area (Å²) >= 11 is 0. The Bertz CT molecular complexity index is 1380. The fourth-order valence-electron chi connectivity index (χ4n) is 8.56. The van der Waals surface area contributed by atoms with Crippen molar-refractivity contribution in [2.45, 2.75) is 303 Å². The first-order chi connectivity index (χ1) is 35.5. The standard InChI is InChI=1S/C66H114O6/c1-4-7-10-13-16-19-22-25-27-29-31-33-35-36-38-41-44-47-50-53-56-59-65(68)71-62-63(61-70-64(67)58-55-52-49-46-43-40-24-21-18-15-12-9-6-3)72-66(69)60-57-54-51-48-45-42-39-37-34-32-30-28-26-23-20-17-14-11-8-5-2/h7,10,16,19,21,24-25,27,31,33,36,38,44,47,63H,4-6,8-9,11-15,17-18,20,22-23,26,28-30,32,34-35,37,39-43,45-46,48-62H2,1-3H3/b10-7-,19-16-,24-21-,27-25-,33-31-,38-36-,47-44-. The van der Waals surface area contributed by atoms with Gasteiger partial charge in [-0.3, -0.25) is 14.4 Å². The third-order valence-electron chi connectivity index (χ3n) is 13.1. The molecule has 414 valence electrons. The molecule has 0 rings (SSSR count). The maximum Gasteiger partial charge on any atom is 0.306 e. The molecule has 0 aromatic carbocycles. The van der Waals surface area contributed by atoms with Crippen molar-refractivity contribution in [2.24, 2.45) is 0 Å². The van der Waals surface area contributed by atoms with E-state index in [1.165, 1.54) is 154 Å². The van der Waals surface area contributed by atoms with E-state index in [9.17, 15) is 14.4 Å². The summed E-state index contributed by atoms with van der Waals surface area (Å²) in [6, 6.07) is 0. The van der Waals surface area contributed by atoms with Gasteiger partial charge < -0.3 is 14.2 Å². The number of hydrogen-bond donors (Lipinski definition) is 0. The average molecular weight is 1000 g/mol. The number of carbonyl (C=O) groups excluding carboxylic acids is 3. The molecule has 0 aliphatic rings. The minimum atomic E-state index is -0.797. The quantitative estimate of drug-likeness (QED) is 0.0261. The second-order valence-electron chi connectivity index (χ2n) is 20.2. The van der Waals surface area contributed by atoms with Crippen molar-refractivity contribution in [3.8, 4) is 0 Å². The molecule has 72 heavy (non-hydrogen) atoms. The van der Waals surface area contributed by atoms with Gasteiger partial charge in [-0.25, -0.2) is 0 Å². The second-order valence-corrected chi connectivity index (χ2v) is 20.2. The maximum absolute atomic E-state index is 12.9. The number of allylic oxidation sites excluding steroid dienone is 14. The van der Waals surface area contributed by atoms with Crippen molar-refractivity contribution >= 4 is 17.9 Å². The molecule has 0 aliphatic carbocycles. The number of ether oxygens (including phenoxy) is 3. The summed E-state index contributed by atoms with van der Waals surface area (Å²) in [5.74, 6) is -0.934. The fraction of sp³-hybridized carbons (Fsp3) is 0.742. The van der Waals surface area contributed by atoms with E-state index in [1.807, 2.05) is 0 Å². The van der Waals surface area contributed by atoms with Crippen molar-refractivity contribution in [1.82, 2.24) is 0 Å². The van der Waals surface area contributed by atoms with Crippen LogP contribution in [-0.2, 0) is 28.6 Å². The van der Waals surface area contributed by atoms with Crippen molar-refractivity contribution in [3.05, 3.63) is 85.1 Å². The minimum absolute atomic E-state index is 0.0927. The highest BCUT2D eigenvalue weighted by Gasteiger charge is 2.19. The minimum Gasteiger partial charge on any atom is -0.462 e. The van der Waals surface area contributed by atoms with Gasteiger partial charge in [-0.2, -0.15) is 0 Å². The SMILES string of the molecule is CC/C=C\C/C=C\C/C=C\C/C=C\C/C=C\C/C=C\CCCCC(=O)OCC(COC(=O)CCCCCCC/C=C\CCCCCC)OC(=O)CCCCCCCCCCCCCCCCCCCCCC. The van der Waals surface area contributed by atoms with Crippen LogP contribution < -0.4 is 0 Å². The topological polar surface area (TPSA) is 78.9 Å². The first-order valence-corrected chi connectivity index (χ1v) is 30.6. The fourth-order valence-corrected chi connectivity index (χ4v) is 8.56. The van der Waals surface area contributed by atoms with E-state index in [4.69, 9.17) is 14.2 Å². The van der Waals surface area contributed by atoms with Crippen LogP contribution >= 0.6 is 0 Å². The molecule has 1 unspecified atom stereocenters. The molecule has 0 aliphatic heterocycles. The number of carbonyl (C=O) groups is 3. The van der Waals surface area contributed by atoms with Crippen molar-refractivity contribution < 1.29 is 28.6 Å². The van der Waals surface area contributed by atoms with Gasteiger partial charge in [0.15, 0.2) is 6.10 Å². The van der Waals surface area contributed by atoms with Crippen LogP contribution in [-0.4, -0.2) is 37.2 Å². The Labute approximate surface area is 445 Å². The lowest BCUT2D eigenvalue weighted by Gasteiger charge is -2.18. The molecule has 0 saturated carbocycles. The second kappa shape index (κ2) is 60.1. The van der Waals surface area contributed by atoms with Gasteiger partial charge in [0.25, 0.3) is 0 Å². The van der Waals surface area contributed by atoms with Gasteiger partial charge in [0.2, 0.25) is 0 Å². The van der Waals surface area contributed by atoms with E-state index in [1.54, 1.807) is 0 Å². The highest BCUT2D eigenvalue weighted by Crippen LogP contribution is 2.16. The average Bonchev–Trinajstić information content (AvgIpc) is 3.38. The lowest BCUT2D eigenvalue weighted by molar-refractivity contribution is -0.167. The van der Waals surface area contributed by atoms with Gasteiger partial charge in [0, 0.05) is 19.3 Å². The predicted octanol–water partition coefficient (Wildman–Crippen LogP) is 20.7. The number of rotatable bonds is 55. The summed E-state index contributed by atoms with van der Waals surface area (Å²) in [7, 11) is 0. The normalized spacial score (nSPS) is 12.7. The Hall–Kier alpha value is -3.41. The first-order valence-electron chi connectivity index (χ1n) is 30.6. The summed E-state index contributed by atoms with van der Waals surface area (Å²) in [4.78, 5) is 38.2. The van der Waals surface area contributed by atoms with E-state index in [0.717, 1.165) is 103 Å². The monoisotopic (exact) mass is 1000 g/mol. The van der Waals surface area contributed by atoms with E-state index >= 15 is 0 Å². The molecule has 0 saturated heterocycles. The van der Waals surface area contributed by atoms with Crippen LogP contribution in [0.15, 0.2) is 85.1 Å². The Kier molecular flexibility index (Phi) is 57.3. The molecule has 6 heteroatoms. The number of esters is 3. The summed E-state index contributed by atoms with van der Waals surface area (Å²) in [6.45, 7) is 6.50. The molecule has 1 atom stereocenters. The van der Waals surface area contributed by atoms with E-state index < -0.39 is 6.10 Å².